The van der Waals surface area contributed by atoms with Crippen LogP contribution >= 0.6 is 0 Å². The molecule has 2 heteroatoms. The molecule has 1 N–H and O–H groups in total. The SMILES string of the molecule is c1ccc2c(c1)CC(NCCCN1CCCC1)C2. The van der Waals surface area contributed by atoms with Crippen molar-refractivity contribution in [2.24, 2.45) is 0 Å². The van der Waals surface area contributed by atoms with Crippen LogP contribution in [-0.2, 0) is 12.8 Å². The quantitative estimate of drug-likeness (QED) is 0.799. The van der Waals surface area contributed by atoms with Gasteiger partial charge in [-0.25, -0.2) is 0 Å². The van der Waals surface area contributed by atoms with Crippen LogP contribution in [0.1, 0.15) is 30.4 Å². The van der Waals surface area contributed by atoms with Crippen LogP contribution in [0.4, 0.5) is 0 Å². The zero-order valence-corrected chi connectivity index (χ0v) is 11.2. The summed E-state index contributed by atoms with van der Waals surface area (Å²) < 4.78 is 0. The Morgan fingerprint density at radius 3 is 2.39 bits per heavy atom. The zero-order valence-electron chi connectivity index (χ0n) is 11.2. The van der Waals surface area contributed by atoms with Crippen molar-refractivity contribution in [1.29, 1.82) is 0 Å². The van der Waals surface area contributed by atoms with Gasteiger partial charge in [-0.3, -0.25) is 0 Å². The zero-order chi connectivity index (χ0) is 12.2. The van der Waals surface area contributed by atoms with Crippen LogP contribution in [-0.4, -0.2) is 37.1 Å². The van der Waals surface area contributed by atoms with E-state index in [1.54, 1.807) is 11.1 Å². The summed E-state index contributed by atoms with van der Waals surface area (Å²) in [6.07, 6.45) is 6.56. The number of benzene rings is 1. The van der Waals surface area contributed by atoms with E-state index in [2.05, 4.69) is 34.5 Å². The van der Waals surface area contributed by atoms with Gasteiger partial charge in [0.15, 0.2) is 0 Å². The number of hydrogen-bond donors (Lipinski definition) is 1. The van der Waals surface area contributed by atoms with Crippen molar-refractivity contribution in [1.82, 2.24) is 10.2 Å². The van der Waals surface area contributed by atoms with Crippen molar-refractivity contribution >= 4 is 0 Å². The van der Waals surface area contributed by atoms with Crippen LogP contribution in [0.2, 0.25) is 0 Å². The molecule has 1 aromatic carbocycles. The summed E-state index contributed by atoms with van der Waals surface area (Å²) in [6, 6.07) is 9.56. The van der Waals surface area contributed by atoms with Crippen LogP contribution in [0.15, 0.2) is 24.3 Å². The van der Waals surface area contributed by atoms with Gasteiger partial charge < -0.3 is 10.2 Å². The molecule has 1 aromatic rings. The van der Waals surface area contributed by atoms with Gasteiger partial charge >= 0.3 is 0 Å². The molecule has 2 aliphatic rings. The highest BCUT2D eigenvalue weighted by Crippen LogP contribution is 2.21. The van der Waals surface area contributed by atoms with Crippen LogP contribution in [0.25, 0.3) is 0 Å². The minimum Gasteiger partial charge on any atom is -0.313 e. The third kappa shape index (κ3) is 2.93. The highest BCUT2D eigenvalue weighted by atomic mass is 15.1. The number of likely N-dealkylation sites (tertiary alicyclic amines) is 1. The van der Waals surface area contributed by atoms with Crippen molar-refractivity contribution in [3.05, 3.63) is 35.4 Å². The Hall–Kier alpha value is -0.860. The Bertz CT molecular complexity index is 357. The fourth-order valence-corrected chi connectivity index (χ4v) is 3.32. The maximum Gasteiger partial charge on any atom is 0.0148 e. The highest BCUT2D eigenvalue weighted by Gasteiger charge is 2.20. The van der Waals surface area contributed by atoms with Gasteiger partial charge in [0.05, 0.1) is 0 Å². The smallest absolute Gasteiger partial charge is 0.0148 e. The second-order valence-corrected chi connectivity index (χ2v) is 5.73. The predicted octanol–water partition coefficient (Wildman–Crippen LogP) is 2.23. The average Bonchev–Trinajstić information content (AvgIpc) is 3.03. The monoisotopic (exact) mass is 244 g/mol. The molecule has 98 valence electrons. The Labute approximate surface area is 110 Å². The summed E-state index contributed by atoms with van der Waals surface area (Å²) in [5, 5.41) is 3.73. The number of rotatable bonds is 5. The minimum absolute atomic E-state index is 0.681. The van der Waals surface area contributed by atoms with Gasteiger partial charge in [-0.2, -0.15) is 0 Å². The molecule has 0 spiro atoms. The summed E-state index contributed by atoms with van der Waals surface area (Å²) in [5.74, 6) is 0. The van der Waals surface area contributed by atoms with Gasteiger partial charge in [-0.15, -0.1) is 0 Å². The molecule has 1 heterocycles. The molecule has 0 amide bonds. The standard InChI is InChI=1S/C16H24N2/c1-2-7-15-13-16(12-14(15)6-1)17-8-5-11-18-9-3-4-10-18/h1-2,6-7,16-17H,3-5,8-13H2. The lowest BCUT2D eigenvalue weighted by Gasteiger charge is -2.16. The lowest BCUT2D eigenvalue weighted by molar-refractivity contribution is 0.327. The number of hydrogen-bond acceptors (Lipinski definition) is 2. The van der Waals surface area contributed by atoms with Crippen LogP contribution in [0.5, 0.6) is 0 Å². The molecule has 3 rings (SSSR count). The summed E-state index contributed by atoms with van der Waals surface area (Å²) in [5.41, 5.74) is 3.10. The van der Waals surface area contributed by atoms with Gasteiger partial charge in [0.1, 0.15) is 0 Å². The fourth-order valence-electron chi connectivity index (χ4n) is 3.32. The first-order valence-electron chi connectivity index (χ1n) is 7.44. The Morgan fingerprint density at radius 2 is 1.72 bits per heavy atom. The first-order valence-corrected chi connectivity index (χ1v) is 7.44. The summed E-state index contributed by atoms with van der Waals surface area (Å²) in [4.78, 5) is 2.60. The minimum atomic E-state index is 0.681. The van der Waals surface area contributed by atoms with Gasteiger partial charge in [0.25, 0.3) is 0 Å². The van der Waals surface area contributed by atoms with Crippen LogP contribution < -0.4 is 5.32 Å². The van der Waals surface area contributed by atoms with E-state index in [0.717, 1.165) is 0 Å². The topological polar surface area (TPSA) is 15.3 Å². The van der Waals surface area contributed by atoms with E-state index >= 15 is 0 Å². The Balaban J connectivity index is 1.35. The van der Waals surface area contributed by atoms with E-state index in [-0.39, 0.29) is 0 Å². The van der Waals surface area contributed by atoms with Crippen LogP contribution in [0.3, 0.4) is 0 Å². The summed E-state index contributed by atoms with van der Waals surface area (Å²) >= 11 is 0. The van der Waals surface area contributed by atoms with Gasteiger partial charge in [-0.1, -0.05) is 24.3 Å². The highest BCUT2D eigenvalue weighted by molar-refractivity contribution is 5.33. The number of fused-ring (bicyclic) bond motifs is 1. The van der Waals surface area contributed by atoms with E-state index in [1.165, 1.54) is 58.3 Å². The van der Waals surface area contributed by atoms with Gasteiger partial charge in [0.2, 0.25) is 0 Å². The van der Waals surface area contributed by atoms with E-state index < -0.39 is 0 Å². The average molecular weight is 244 g/mol. The van der Waals surface area contributed by atoms with Gasteiger partial charge in [-0.05, 0) is 69.4 Å². The van der Waals surface area contributed by atoms with Crippen molar-refractivity contribution < 1.29 is 0 Å². The first kappa shape index (κ1) is 12.2. The molecule has 0 saturated carbocycles. The van der Waals surface area contributed by atoms with Crippen molar-refractivity contribution in [2.45, 2.75) is 38.1 Å². The summed E-state index contributed by atoms with van der Waals surface area (Å²) in [7, 11) is 0. The van der Waals surface area contributed by atoms with Crippen LogP contribution in [0, 0.1) is 0 Å². The third-order valence-electron chi connectivity index (χ3n) is 4.33. The van der Waals surface area contributed by atoms with E-state index in [1.807, 2.05) is 0 Å². The summed E-state index contributed by atoms with van der Waals surface area (Å²) in [6.45, 7) is 5.12. The molecule has 0 atom stereocenters. The molecule has 1 aliphatic carbocycles. The molecule has 1 fully saturated rings. The molecule has 18 heavy (non-hydrogen) atoms. The second kappa shape index (κ2) is 5.85. The predicted molar refractivity (Wildman–Crippen MR) is 75.9 cm³/mol. The molecule has 0 bridgehead atoms. The Morgan fingerprint density at radius 1 is 1.06 bits per heavy atom. The maximum atomic E-state index is 3.73. The molecule has 0 aromatic heterocycles. The first-order chi connectivity index (χ1) is 8.92. The largest absolute Gasteiger partial charge is 0.313 e. The maximum absolute atomic E-state index is 3.73. The molecule has 1 saturated heterocycles. The van der Waals surface area contributed by atoms with E-state index in [9.17, 15) is 0 Å². The molecular weight excluding hydrogens is 220 g/mol. The number of nitrogens with one attached hydrogen (secondary N) is 1. The molecule has 0 radical (unpaired) electrons. The lowest BCUT2D eigenvalue weighted by Crippen LogP contribution is -2.32. The lowest BCUT2D eigenvalue weighted by atomic mass is 10.1. The second-order valence-electron chi connectivity index (χ2n) is 5.73. The van der Waals surface area contributed by atoms with E-state index in [4.69, 9.17) is 0 Å². The van der Waals surface area contributed by atoms with E-state index in [0.29, 0.717) is 6.04 Å². The molecule has 0 unspecified atom stereocenters. The third-order valence-corrected chi connectivity index (χ3v) is 4.33. The Kier molecular flexibility index (Phi) is 3.96. The van der Waals surface area contributed by atoms with Crippen molar-refractivity contribution in [3.8, 4) is 0 Å². The van der Waals surface area contributed by atoms with Crippen molar-refractivity contribution in [3.63, 3.8) is 0 Å². The molecular formula is C16H24N2. The van der Waals surface area contributed by atoms with Crippen molar-refractivity contribution in [2.75, 3.05) is 26.2 Å². The fraction of sp³-hybridized carbons (Fsp3) is 0.625. The van der Waals surface area contributed by atoms with Gasteiger partial charge in [0, 0.05) is 6.04 Å². The molecule has 1 aliphatic heterocycles. The molecule has 2 nitrogen and oxygen atoms in total. The number of nitrogens with zero attached hydrogens (tertiary/aromatic N) is 1. The normalized spacial score (nSPS) is 20.4.